The second-order valence-electron chi connectivity index (χ2n) is 9.90. The summed E-state index contributed by atoms with van der Waals surface area (Å²) < 4.78 is 28.5. The Balaban J connectivity index is 1.53. The molecule has 36 heavy (non-hydrogen) atoms. The molecule has 3 aromatic rings. The molecule has 1 aliphatic rings. The van der Waals surface area contributed by atoms with Gasteiger partial charge < -0.3 is 10.2 Å². The Hall–Kier alpha value is -3.32. The van der Waals surface area contributed by atoms with Gasteiger partial charge in [0.2, 0.25) is 0 Å². The number of hydrogen-bond donors (Lipinski definition) is 2. The fourth-order valence-electron chi connectivity index (χ4n) is 4.65. The van der Waals surface area contributed by atoms with Gasteiger partial charge in [0.1, 0.15) is 0 Å². The number of nitrogens with one attached hydrogen (secondary N) is 2. The molecule has 1 fully saturated rings. The van der Waals surface area contributed by atoms with Crippen LogP contribution in [0, 0.1) is 12.8 Å². The van der Waals surface area contributed by atoms with Gasteiger partial charge in [-0.2, -0.15) is 0 Å². The van der Waals surface area contributed by atoms with Crippen LogP contribution in [0.1, 0.15) is 48.2 Å². The van der Waals surface area contributed by atoms with Crippen molar-refractivity contribution in [2.75, 3.05) is 22.7 Å². The molecule has 3 aromatic carbocycles. The molecule has 2 N–H and O–H groups in total. The summed E-state index contributed by atoms with van der Waals surface area (Å²) in [5, 5.41) is 2.97. The second kappa shape index (κ2) is 11.2. The van der Waals surface area contributed by atoms with Crippen LogP contribution >= 0.6 is 0 Å². The Morgan fingerprint density at radius 2 is 1.64 bits per heavy atom. The molecule has 1 heterocycles. The van der Waals surface area contributed by atoms with Gasteiger partial charge in [0.25, 0.3) is 15.9 Å². The van der Waals surface area contributed by atoms with E-state index in [1.165, 1.54) is 5.56 Å². The summed E-state index contributed by atoms with van der Waals surface area (Å²) in [5.74, 6) is 0.403. The van der Waals surface area contributed by atoms with Crippen molar-refractivity contribution < 1.29 is 13.2 Å². The van der Waals surface area contributed by atoms with Gasteiger partial charge in [-0.25, -0.2) is 8.42 Å². The number of aryl methyl sites for hydroxylation is 1. The predicted molar refractivity (Wildman–Crippen MR) is 146 cm³/mol. The van der Waals surface area contributed by atoms with Crippen LogP contribution in [0.5, 0.6) is 0 Å². The summed E-state index contributed by atoms with van der Waals surface area (Å²) in [7, 11) is -3.77. The van der Waals surface area contributed by atoms with E-state index in [1.54, 1.807) is 36.4 Å². The van der Waals surface area contributed by atoms with E-state index >= 15 is 0 Å². The smallest absolute Gasteiger partial charge is 0.261 e. The molecule has 6 nitrogen and oxygen atoms in total. The monoisotopic (exact) mass is 505 g/mol. The highest BCUT2D eigenvalue weighted by molar-refractivity contribution is 7.92. The maximum atomic E-state index is 13.1. The molecule has 1 aliphatic heterocycles. The highest BCUT2D eigenvalue weighted by atomic mass is 32.2. The first-order chi connectivity index (χ1) is 17.2. The average Bonchev–Trinajstić information content (AvgIpc) is 2.85. The largest absolute Gasteiger partial charge is 0.371 e. The molecule has 0 saturated carbocycles. The lowest BCUT2D eigenvalue weighted by Crippen LogP contribution is -2.37. The molecule has 0 aliphatic carbocycles. The average molecular weight is 506 g/mol. The number of piperidine rings is 1. The zero-order chi connectivity index (χ0) is 25.7. The zero-order valence-corrected chi connectivity index (χ0v) is 22.0. The van der Waals surface area contributed by atoms with Crippen molar-refractivity contribution in [1.82, 2.24) is 5.32 Å². The molecule has 0 bridgehead atoms. The van der Waals surface area contributed by atoms with Crippen LogP contribution in [-0.2, 0) is 16.4 Å². The minimum atomic E-state index is -3.77. The van der Waals surface area contributed by atoms with Crippen LogP contribution in [0.25, 0.3) is 0 Å². The first kappa shape index (κ1) is 25.8. The Bertz CT molecular complexity index is 1280. The molecule has 0 unspecified atom stereocenters. The lowest BCUT2D eigenvalue weighted by atomic mass is 9.89. The highest BCUT2D eigenvalue weighted by Crippen LogP contribution is 2.31. The first-order valence-corrected chi connectivity index (χ1v) is 14.0. The van der Waals surface area contributed by atoms with E-state index in [0.29, 0.717) is 17.2 Å². The molecular weight excluding hydrogens is 470 g/mol. The summed E-state index contributed by atoms with van der Waals surface area (Å²) in [6.07, 6.45) is 3.15. The fourth-order valence-corrected chi connectivity index (χ4v) is 5.70. The number of sulfonamides is 1. The number of carbonyl (C=O) groups is 1. The third-order valence-corrected chi connectivity index (χ3v) is 7.96. The molecule has 0 atom stereocenters. The SMILES string of the molecule is Cc1ccc(S(=O)(=O)Nc2ccc(N3CCC(Cc4ccccc4)CC3)c(C(=O)NC(C)C)c2)cc1. The van der Waals surface area contributed by atoms with Gasteiger partial charge in [0.15, 0.2) is 0 Å². The Labute approximate surface area is 214 Å². The second-order valence-corrected chi connectivity index (χ2v) is 11.6. The Morgan fingerprint density at radius 1 is 0.972 bits per heavy atom. The normalized spacial score (nSPS) is 14.6. The summed E-state index contributed by atoms with van der Waals surface area (Å²) in [6.45, 7) is 7.45. The summed E-state index contributed by atoms with van der Waals surface area (Å²) >= 11 is 0. The Morgan fingerprint density at radius 3 is 2.28 bits per heavy atom. The van der Waals surface area contributed by atoms with Crippen LogP contribution in [0.15, 0.2) is 77.7 Å². The third-order valence-electron chi connectivity index (χ3n) is 6.57. The van der Waals surface area contributed by atoms with E-state index in [9.17, 15) is 13.2 Å². The topological polar surface area (TPSA) is 78.5 Å². The number of carbonyl (C=O) groups excluding carboxylic acids is 1. The van der Waals surface area contributed by atoms with Gasteiger partial charge in [-0.15, -0.1) is 0 Å². The minimum Gasteiger partial charge on any atom is -0.371 e. The number of nitrogens with zero attached hydrogens (tertiary/aromatic N) is 1. The quantitative estimate of drug-likeness (QED) is 0.430. The van der Waals surface area contributed by atoms with E-state index in [0.717, 1.165) is 43.6 Å². The highest BCUT2D eigenvalue weighted by Gasteiger charge is 2.24. The van der Waals surface area contributed by atoms with Gasteiger partial charge in [-0.1, -0.05) is 48.0 Å². The first-order valence-electron chi connectivity index (χ1n) is 12.5. The van der Waals surface area contributed by atoms with Gasteiger partial charge >= 0.3 is 0 Å². The van der Waals surface area contributed by atoms with Crippen LogP contribution in [0.4, 0.5) is 11.4 Å². The van der Waals surface area contributed by atoms with Crippen molar-refractivity contribution in [2.24, 2.45) is 5.92 Å². The summed E-state index contributed by atoms with van der Waals surface area (Å²) in [6, 6.07) is 22.5. The van der Waals surface area contributed by atoms with Crippen molar-refractivity contribution in [2.45, 2.75) is 51.0 Å². The van der Waals surface area contributed by atoms with Gasteiger partial charge in [0.05, 0.1) is 10.5 Å². The molecule has 190 valence electrons. The fraction of sp³-hybridized carbons (Fsp3) is 0.345. The number of anilines is 2. The third kappa shape index (κ3) is 6.46. The summed E-state index contributed by atoms with van der Waals surface area (Å²) in [4.78, 5) is 15.6. The van der Waals surface area contributed by atoms with Crippen molar-refractivity contribution >= 4 is 27.3 Å². The molecule has 4 rings (SSSR count). The van der Waals surface area contributed by atoms with Crippen LogP contribution in [0.2, 0.25) is 0 Å². The minimum absolute atomic E-state index is 0.0325. The Kier molecular flexibility index (Phi) is 7.99. The molecule has 0 spiro atoms. The van der Waals surface area contributed by atoms with Crippen LogP contribution < -0.4 is 14.9 Å². The van der Waals surface area contributed by atoms with Crippen molar-refractivity contribution in [3.63, 3.8) is 0 Å². The van der Waals surface area contributed by atoms with E-state index < -0.39 is 10.0 Å². The number of hydrogen-bond acceptors (Lipinski definition) is 4. The van der Waals surface area contributed by atoms with E-state index in [-0.39, 0.29) is 16.8 Å². The van der Waals surface area contributed by atoms with Crippen molar-refractivity contribution in [3.8, 4) is 0 Å². The molecule has 1 amide bonds. The number of amides is 1. The van der Waals surface area contributed by atoms with Gasteiger partial charge in [-0.05, 0) is 81.8 Å². The van der Waals surface area contributed by atoms with E-state index in [1.807, 2.05) is 32.9 Å². The predicted octanol–water partition coefficient (Wildman–Crippen LogP) is 5.39. The standard InChI is InChI=1S/C29H35N3O3S/c1-21(2)30-29(33)27-20-25(31-36(34,35)26-12-9-22(3)10-13-26)11-14-28(27)32-17-15-24(16-18-32)19-23-7-5-4-6-8-23/h4-14,20-21,24,31H,15-19H2,1-3H3,(H,30,33). The lowest BCUT2D eigenvalue weighted by Gasteiger charge is -2.35. The molecular formula is C29H35N3O3S. The van der Waals surface area contributed by atoms with Crippen LogP contribution in [0.3, 0.4) is 0 Å². The maximum absolute atomic E-state index is 13.1. The lowest BCUT2D eigenvalue weighted by molar-refractivity contribution is 0.0943. The molecule has 0 radical (unpaired) electrons. The van der Waals surface area contributed by atoms with Crippen LogP contribution in [-0.4, -0.2) is 33.5 Å². The number of benzene rings is 3. The molecule has 0 aromatic heterocycles. The maximum Gasteiger partial charge on any atom is 0.261 e. The van der Waals surface area contributed by atoms with Gasteiger partial charge in [0, 0.05) is 30.5 Å². The van der Waals surface area contributed by atoms with E-state index in [2.05, 4.69) is 39.2 Å². The number of rotatable bonds is 8. The summed E-state index contributed by atoms with van der Waals surface area (Å²) in [5.41, 5.74) is 4.03. The van der Waals surface area contributed by atoms with Crippen molar-refractivity contribution in [3.05, 3.63) is 89.5 Å². The van der Waals surface area contributed by atoms with Crippen molar-refractivity contribution in [1.29, 1.82) is 0 Å². The molecule has 1 saturated heterocycles. The zero-order valence-electron chi connectivity index (χ0n) is 21.2. The molecule has 7 heteroatoms. The van der Waals surface area contributed by atoms with E-state index in [4.69, 9.17) is 0 Å². The van der Waals surface area contributed by atoms with Gasteiger partial charge in [-0.3, -0.25) is 9.52 Å².